The molecule has 0 bridgehead atoms. The Bertz CT molecular complexity index is 1010. The van der Waals surface area contributed by atoms with Gasteiger partial charge in [-0.05, 0) is 18.2 Å². The zero-order valence-electron chi connectivity index (χ0n) is 18.8. The Kier molecular flexibility index (Phi) is 8.22. The highest BCUT2D eigenvalue weighted by molar-refractivity contribution is 14.0. The van der Waals surface area contributed by atoms with Crippen LogP contribution >= 0.6 is 24.0 Å². The molecule has 1 aromatic carbocycles. The van der Waals surface area contributed by atoms with Gasteiger partial charge in [0.05, 0.1) is 25.1 Å². The molecule has 0 saturated carbocycles. The van der Waals surface area contributed by atoms with E-state index in [1.165, 1.54) is 0 Å². The van der Waals surface area contributed by atoms with Gasteiger partial charge in [0.1, 0.15) is 23.8 Å². The van der Waals surface area contributed by atoms with Gasteiger partial charge in [-0.3, -0.25) is 0 Å². The van der Waals surface area contributed by atoms with Crippen LogP contribution in [-0.4, -0.2) is 24.1 Å². The predicted molar refractivity (Wildman–Crippen MR) is 135 cm³/mol. The molecule has 2 N–H and O–H groups in total. The fourth-order valence-corrected chi connectivity index (χ4v) is 3.45. The number of furan rings is 1. The van der Waals surface area contributed by atoms with Crippen molar-refractivity contribution in [2.45, 2.75) is 51.6 Å². The van der Waals surface area contributed by atoms with Crippen molar-refractivity contribution in [2.75, 3.05) is 13.2 Å². The molecule has 8 heteroatoms. The molecule has 0 radical (unpaired) electrons. The predicted octanol–water partition coefficient (Wildman–Crippen LogP) is 4.98. The van der Waals surface area contributed by atoms with E-state index in [4.69, 9.17) is 18.6 Å². The van der Waals surface area contributed by atoms with Gasteiger partial charge in [-0.15, -0.1) is 24.0 Å². The summed E-state index contributed by atoms with van der Waals surface area (Å²) in [6.07, 6.45) is 5.11. The highest BCUT2D eigenvalue weighted by atomic mass is 127. The van der Waals surface area contributed by atoms with Crippen molar-refractivity contribution in [3.05, 3.63) is 71.8 Å². The van der Waals surface area contributed by atoms with E-state index >= 15 is 0 Å². The van der Waals surface area contributed by atoms with Crippen LogP contribution in [0.4, 0.5) is 0 Å². The lowest BCUT2D eigenvalue weighted by molar-refractivity contribution is 0.261. The summed E-state index contributed by atoms with van der Waals surface area (Å²) >= 11 is 0. The maximum Gasteiger partial charge on any atom is 0.216 e. The second kappa shape index (κ2) is 10.9. The maximum atomic E-state index is 5.90. The first-order chi connectivity index (χ1) is 15.0. The van der Waals surface area contributed by atoms with E-state index in [0.717, 1.165) is 35.7 Å². The average molecular weight is 550 g/mol. The number of fused-ring (bicyclic) bond motifs is 1. The molecule has 32 heavy (non-hydrogen) atoms. The molecule has 172 valence electrons. The Balaban J connectivity index is 0.00000289. The summed E-state index contributed by atoms with van der Waals surface area (Å²) in [5.74, 6) is 4.03. The van der Waals surface area contributed by atoms with Gasteiger partial charge < -0.3 is 24.2 Å². The lowest BCUT2D eigenvalue weighted by Gasteiger charge is -2.28. The van der Waals surface area contributed by atoms with Crippen LogP contribution in [0.3, 0.4) is 0 Å². The van der Waals surface area contributed by atoms with Crippen LogP contribution in [0.1, 0.15) is 56.2 Å². The number of nitrogens with zero attached hydrogens (tertiary/aromatic N) is 2. The monoisotopic (exact) mass is 550 g/mol. The number of nitrogens with one attached hydrogen (secondary N) is 2. The smallest absolute Gasteiger partial charge is 0.216 e. The molecule has 2 aromatic heterocycles. The summed E-state index contributed by atoms with van der Waals surface area (Å²) in [4.78, 5) is 9.14. The molecule has 3 heterocycles. The highest BCUT2D eigenvalue weighted by Crippen LogP contribution is 2.31. The molecule has 0 amide bonds. The molecule has 3 aromatic rings. The van der Waals surface area contributed by atoms with Crippen molar-refractivity contribution in [1.29, 1.82) is 0 Å². The van der Waals surface area contributed by atoms with Crippen LogP contribution in [0.15, 0.2) is 62.7 Å². The van der Waals surface area contributed by atoms with E-state index in [2.05, 4.69) is 42.5 Å². The quantitative estimate of drug-likeness (QED) is 0.256. The maximum absolute atomic E-state index is 5.90. The lowest BCUT2D eigenvalue weighted by atomic mass is 9.94. The number of halogens is 1. The van der Waals surface area contributed by atoms with Gasteiger partial charge in [-0.1, -0.05) is 39.0 Å². The molecule has 1 unspecified atom stereocenters. The number of para-hydroxylation sites is 1. The molecular weight excluding hydrogens is 519 g/mol. The Labute approximate surface area is 206 Å². The molecule has 1 atom stereocenters. The van der Waals surface area contributed by atoms with Gasteiger partial charge >= 0.3 is 0 Å². The van der Waals surface area contributed by atoms with Gasteiger partial charge in [-0.2, -0.15) is 0 Å². The summed E-state index contributed by atoms with van der Waals surface area (Å²) in [5, 5.41) is 6.97. The minimum Gasteiger partial charge on any atom is -0.493 e. The van der Waals surface area contributed by atoms with E-state index in [-0.39, 0.29) is 35.4 Å². The Hall–Kier alpha value is -2.49. The van der Waals surface area contributed by atoms with E-state index in [0.29, 0.717) is 31.5 Å². The van der Waals surface area contributed by atoms with Crippen molar-refractivity contribution in [1.82, 2.24) is 15.6 Å². The molecular formula is C24H31IN4O3. The first kappa shape index (κ1) is 24.2. The van der Waals surface area contributed by atoms with Crippen LogP contribution in [0.2, 0.25) is 0 Å². The third-order valence-electron chi connectivity index (χ3n) is 5.18. The number of ether oxygens (including phenoxy) is 1. The number of benzene rings is 1. The van der Waals surface area contributed by atoms with Gasteiger partial charge in [0.25, 0.3) is 0 Å². The van der Waals surface area contributed by atoms with Gasteiger partial charge in [-0.25, -0.2) is 9.98 Å². The van der Waals surface area contributed by atoms with Crippen LogP contribution < -0.4 is 15.4 Å². The Morgan fingerprint density at radius 3 is 2.78 bits per heavy atom. The van der Waals surface area contributed by atoms with Crippen molar-refractivity contribution in [2.24, 2.45) is 4.99 Å². The van der Waals surface area contributed by atoms with E-state index in [1.807, 2.05) is 30.3 Å². The summed E-state index contributed by atoms with van der Waals surface area (Å²) in [5.41, 5.74) is 1.06. The zero-order valence-corrected chi connectivity index (χ0v) is 21.1. The number of aliphatic imine (C=N–C) groups is 1. The molecule has 0 fully saturated rings. The number of hydrogen-bond donors (Lipinski definition) is 2. The third-order valence-corrected chi connectivity index (χ3v) is 5.18. The number of oxazole rings is 1. The molecule has 0 spiro atoms. The van der Waals surface area contributed by atoms with Crippen LogP contribution in [0.25, 0.3) is 0 Å². The van der Waals surface area contributed by atoms with Crippen LogP contribution in [0, 0.1) is 0 Å². The van der Waals surface area contributed by atoms with Crippen LogP contribution in [-0.2, 0) is 18.4 Å². The van der Waals surface area contributed by atoms with Crippen molar-refractivity contribution >= 4 is 29.9 Å². The molecule has 7 nitrogen and oxygen atoms in total. The van der Waals surface area contributed by atoms with Crippen LogP contribution in [0.5, 0.6) is 5.75 Å². The topological polar surface area (TPSA) is 84.8 Å². The Morgan fingerprint density at radius 1 is 1.19 bits per heavy atom. The SMILES string of the molecule is CC(C)(C)c1cnc(CN=C(NCCc2ccco2)NC2CCOc3ccccc32)o1.I. The minimum atomic E-state index is -0.0802. The summed E-state index contributed by atoms with van der Waals surface area (Å²) in [7, 11) is 0. The van der Waals surface area contributed by atoms with E-state index < -0.39 is 0 Å². The van der Waals surface area contributed by atoms with Gasteiger partial charge in [0.15, 0.2) is 5.96 Å². The lowest BCUT2D eigenvalue weighted by Crippen LogP contribution is -2.41. The third kappa shape index (κ3) is 6.27. The number of guanidine groups is 1. The van der Waals surface area contributed by atoms with E-state index in [1.54, 1.807) is 12.5 Å². The molecule has 4 rings (SSSR count). The van der Waals surface area contributed by atoms with Gasteiger partial charge in [0.2, 0.25) is 5.89 Å². The first-order valence-electron chi connectivity index (χ1n) is 10.7. The average Bonchev–Trinajstić information content (AvgIpc) is 3.44. The molecule has 1 aliphatic heterocycles. The summed E-state index contributed by atoms with van der Waals surface area (Å²) < 4.78 is 17.1. The first-order valence-corrected chi connectivity index (χ1v) is 10.7. The number of rotatable bonds is 6. The number of aromatic nitrogens is 1. The standard InChI is InChI=1S/C24H30N4O3.HI/c1-24(2,3)21-15-26-22(31-21)16-27-23(25-12-10-17-7-6-13-29-17)28-19-11-14-30-20-9-5-4-8-18(19)20;/h4-9,13,15,19H,10-12,14,16H2,1-3H3,(H2,25,27,28);1H. The van der Waals surface area contributed by atoms with Crippen molar-refractivity contribution in [3.63, 3.8) is 0 Å². The second-order valence-corrected chi connectivity index (χ2v) is 8.66. The molecule has 0 aliphatic carbocycles. The summed E-state index contributed by atoms with van der Waals surface area (Å²) in [6, 6.07) is 12.1. The second-order valence-electron chi connectivity index (χ2n) is 8.66. The molecule has 0 saturated heterocycles. The largest absolute Gasteiger partial charge is 0.493 e. The van der Waals surface area contributed by atoms with Gasteiger partial charge in [0, 0.05) is 30.4 Å². The van der Waals surface area contributed by atoms with Crippen molar-refractivity contribution in [3.8, 4) is 5.75 Å². The fraction of sp³-hybridized carbons (Fsp3) is 0.417. The van der Waals surface area contributed by atoms with Crippen molar-refractivity contribution < 1.29 is 13.6 Å². The Morgan fingerprint density at radius 2 is 2.03 bits per heavy atom. The minimum absolute atomic E-state index is 0. The number of hydrogen-bond acceptors (Lipinski definition) is 5. The highest BCUT2D eigenvalue weighted by Gasteiger charge is 2.22. The fourth-order valence-electron chi connectivity index (χ4n) is 3.45. The summed E-state index contributed by atoms with van der Waals surface area (Å²) in [6.45, 7) is 8.04. The molecule has 1 aliphatic rings. The normalized spacial score (nSPS) is 16.0. The van der Waals surface area contributed by atoms with E-state index in [9.17, 15) is 0 Å². The zero-order chi connectivity index (χ0) is 21.7.